The fourth-order valence-electron chi connectivity index (χ4n) is 3.51. The van der Waals surface area contributed by atoms with Gasteiger partial charge in [-0.3, -0.25) is 4.79 Å². The van der Waals surface area contributed by atoms with Crippen LogP contribution in [-0.2, 0) is 9.59 Å². The van der Waals surface area contributed by atoms with E-state index in [1.807, 2.05) is 29.2 Å². The first kappa shape index (κ1) is 20.0. The number of carboxylic acids is 1. The lowest BCUT2D eigenvalue weighted by molar-refractivity contribution is -0.132. The molecule has 6 heteroatoms. The first-order chi connectivity index (χ1) is 13.6. The van der Waals surface area contributed by atoms with Crippen molar-refractivity contribution in [2.45, 2.75) is 44.9 Å². The molecule has 1 aromatic carbocycles. The zero-order chi connectivity index (χ0) is 19.8. The average Bonchev–Trinajstić information content (AvgIpc) is 3.17. The number of hydrogen-bond donors (Lipinski definition) is 1. The molecule has 2 heterocycles. The van der Waals surface area contributed by atoms with Crippen molar-refractivity contribution < 1.29 is 24.2 Å². The number of allylic oxidation sites excluding steroid dienone is 2. The highest BCUT2D eigenvalue weighted by atomic mass is 16.7. The maximum atomic E-state index is 12.3. The molecule has 1 amide bonds. The number of amides is 1. The maximum absolute atomic E-state index is 12.3. The minimum atomic E-state index is -0.975. The number of aliphatic carboxylic acids is 1. The molecule has 0 radical (unpaired) electrons. The molecule has 0 bridgehead atoms. The first-order valence-corrected chi connectivity index (χ1v) is 9.91. The summed E-state index contributed by atoms with van der Waals surface area (Å²) in [5.74, 6) is 0.678. The van der Waals surface area contributed by atoms with Gasteiger partial charge in [0.05, 0.1) is 0 Å². The van der Waals surface area contributed by atoms with Gasteiger partial charge in [0.2, 0.25) is 12.7 Å². The molecule has 150 valence electrons. The summed E-state index contributed by atoms with van der Waals surface area (Å²) in [5, 5.41) is 8.94. The van der Waals surface area contributed by atoms with Crippen LogP contribution >= 0.6 is 0 Å². The summed E-state index contributed by atoms with van der Waals surface area (Å²) in [6, 6.07) is 5.66. The van der Waals surface area contributed by atoms with Crippen LogP contribution in [0, 0.1) is 0 Å². The van der Waals surface area contributed by atoms with E-state index in [1.165, 1.54) is 6.42 Å². The standard InChI is InChI=1S/C22H27NO5/c24-21(23-12-4-1-5-13-23)7-3-2-6-17(9-11-22(25)26)14-18-8-10-19-20(15-18)28-16-27-19/h8-11,14-15H,1-7,12-13,16H2,(H,25,26)/b11-9+,17-14?. The molecule has 0 aromatic heterocycles. The van der Waals surface area contributed by atoms with Crippen LogP contribution in [0.4, 0.5) is 0 Å². The summed E-state index contributed by atoms with van der Waals surface area (Å²) in [5.41, 5.74) is 1.84. The van der Waals surface area contributed by atoms with Gasteiger partial charge in [0.15, 0.2) is 11.5 Å². The highest BCUT2D eigenvalue weighted by molar-refractivity contribution is 5.81. The van der Waals surface area contributed by atoms with Gasteiger partial charge in [0.25, 0.3) is 0 Å². The second-order valence-corrected chi connectivity index (χ2v) is 7.15. The van der Waals surface area contributed by atoms with Crippen LogP contribution in [-0.4, -0.2) is 41.8 Å². The van der Waals surface area contributed by atoms with Gasteiger partial charge in [-0.05, 0) is 61.8 Å². The summed E-state index contributed by atoms with van der Waals surface area (Å²) in [4.78, 5) is 25.1. The predicted molar refractivity (Wildman–Crippen MR) is 106 cm³/mol. The van der Waals surface area contributed by atoms with E-state index in [0.717, 1.165) is 61.7 Å². The molecule has 0 spiro atoms. The summed E-state index contributed by atoms with van der Waals surface area (Å²) >= 11 is 0. The number of piperidine rings is 1. The Labute approximate surface area is 165 Å². The smallest absolute Gasteiger partial charge is 0.328 e. The molecule has 28 heavy (non-hydrogen) atoms. The van der Waals surface area contributed by atoms with Crippen molar-refractivity contribution in [3.63, 3.8) is 0 Å². The Morgan fingerprint density at radius 3 is 2.54 bits per heavy atom. The number of unbranched alkanes of at least 4 members (excludes halogenated alkanes) is 1. The highest BCUT2D eigenvalue weighted by Crippen LogP contribution is 2.33. The number of carbonyl (C=O) groups is 2. The molecular weight excluding hydrogens is 358 g/mol. The molecule has 0 atom stereocenters. The van der Waals surface area contributed by atoms with E-state index in [1.54, 1.807) is 6.08 Å². The van der Waals surface area contributed by atoms with Crippen LogP contribution in [0.5, 0.6) is 11.5 Å². The average molecular weight is 385 g/mol. The first-order valence-electron chi connectivity index (χ1n) is 9.91. The normalized spacial score (nSPS) is 16.6. The van der Waals surface area contributed by atoms with Crippen LogP contribution in [0.2, 0.25) is 0 Å². The molecule has 0 unspecified atom stereocenters. The topological polar surface area (TPSA) is 76.1 Å². The lowest BCUT2D eigenvalue weighted by atomic mass is 10.0. The molecule has 1 saturated heterocycles. The van der Waals surface area contributed by atoms with Crippen molar-refractivity contribution in [2.75, 3.05) is 19.9 Å². The van der Waals surface area contributed by atoms with Crippen molar-refractivity contribution in [3.05, 3.63) is 41.5 Å². The third-order valence-electron chi connectivity index (χ3n) is 5.00. The maximum Gasteiger partial charge on any atom is 0.328 e. The predicted octanol–water partition coefficient (Wildman–Crippen LogP) is 4.01. The Kier molecular flexibility index (Phi) is 7.12. The van der Waals surface area contributed by atoms with Gasteiger partial charge in [-0.2, -0.15) is 0 Å². The van der Waals surface area contributed by atoms with Crippen LogP contribution < -0.4 is 9.47 Å². The fourth-order valence-corrected chi connectivity index (χ4v) is 3.51. The highest BCUT2D eigenvalue weighted by Gasteiger charge is 2.16. The molecule has 2 aliphatic rings. The van der Waals surface area contributed by atoms with Gasteiger partial charge in [-0.25, -0.2) is 4.79 Å². The minimum Gasteiger partial charge on any atom is -0.478 e. The summed E-state index contributed by atoms with van der Waals surface area (Å²) < 4.78 is 10.7. The number of rotatable bonds is 8. The summed E-state index contributed by atoms with van der Waals surface area (Å²) in [6.07, 6.45) is 11.1. The van der Waals surface area contributed by atoms with Crippen molar-refractivity contribution in [2.24, 2.45) is 0 Å². The van der Waals surface area contributed by atoms with Gasteiger partial charge < -0.3 is 19.5 Å². The quantitative estimate of drug-likeness (QED) is 0.416. The van der Waals surface area contributed by atoms with Gasteiger partial charge >= 0.3 is 5.97 Å². The fraction of sp³-hybridized carbons (Fsp3) is 0.455. The lowest BCUT2D eigenvalue weighted by Crippen LogP contribution is -2.35. The van der Waals surface area contributed by atoms with Crippen molar-refractivity contribution in [1.82, 2.24) is 4.90 Å². The Balaban J connectivity index is 1.55. The zero-order valence-electron chi connectivity index (χ0n) is 16.1. The molecule has 0 aliphatic carbocycles. The number of carboxylic acid groups (broad SMARTS) is 1. The minimum absolute atomic E-state index is 0.222. The molecule has 3 rings (SSSR count). The molecule has 6 nitrogen and oxygen atoms in total. The second kappa shape index (κ2) is 9.97. The SMILES string of the molecule is O=C(O)/C=C/C(=Cc1ccc2c(c1)OCO2)CCCCC(=O)N1CCCCC1. The Morgan fingerprint density at radius 2 is 1.75 bits per heavy atom. The zero-order valence-corrected chi connectivity index (χ0v) is 16.1. The van der Waals surface area contributed by atoms with E-state index in [4.69, 9.17) is 14.6 Å². The van der Waals surface area contributed by atoms with Gasteiger partial charge in [-0.1, -0.05) is 18.2 Å². The molecule has 1 N–H and O–H groups in total. The van der Waals surface area contributed by atoms with E-state index >= 15 is 0 Å². The van der Waals surface area contributed by atoms with Gasteiger partial charge in [0.1, 0.15) is 0 Å². The third-order valence-corrected chi connectivity index (χ3v) is 5.00. The number of hydrogen-bond acceptors (Lipinski definition) is 4. The van der Waals surface area contributed by atoms with Crippen molar-refractivity contribution in [1.29, 1.82) is 0 Å². The molecule has 1 fully saturated rings. The van der Waals surface area contributed by atoms with E-state index in [2.05, 4.69) is 0 Å². The number of likely N-dealkylation sites (tertiary alicyclic amines) is 1. The third kappa shape index (κ3) is 5.87. The monoisotopic (exact) mass is 385 g/mol. The van der Waals surface area contributed by atoms with E-state index in [9.17, 15) is 9.59 Å². The van der Waals surface area contributed by atoms with Crippen molar-refractivity contribution in [3.8, 4) is 11.5 Å². The van der Waals surface area contributed by atoms with Crippen LogP contribution in [0.1, 0.15) is 50.5 Å². The summed E-state index contributed by atoms with van der Waals surface area (Å²) in [7, 11) is 0. The van der Waals surface area contributed by atoms with Crippen molar-refractivity contribution >= 4 is 18.0 Å². The van der Waals surface area contributed by atoms with E-state index in [0.29, 0.717) is 18.6 Å². The molecule has 1 aromatic rings. The molecule has 0 saturated carbocycles. The van der Waals surface area contributed by atoms with Crippen LogP contribution in [0.15, 0.2) is 35.9 Å². The Morgan fingerprint density at radius 1 is 1.00 bits per heavy atom. The van der Waals surface area contributed by atoms with Crippen LogP contribution in [0.3, 0.4) is 0 Å². The number of benzene rings is 1. The van der Waals surface area contributed by atoms with Crippen LogP contribution in [0.25, 0.3) is 6.08 Å². The van der Waals surface area contributed by atoms with Gasteiger partial charge in [-0.15, -0.1) is 0 Å². The molecular formula is C22H27NO5. The number of nitrogens with zero attached hydrogens (tertiary/aromatic N) is 1. The van der Waals surface area contributed by atoms with E-state index < -0.39 is 5.97 Å². The number of ether oxygens (including phenoxy) is 2. The molecule has 2 aliphatic heterocycles. The largest absolute Gasteiger partial charge is 0.478 e. The Bertz CT molecular complexity index is 762. The second-order valence-electron chi connectivity index (χ2n) is 7.15. The number of fused-ring (bicyclic) bond motifs is 1. The Hall–Kier alpha value is -2.76. The lowest BCUT2D eigenvalue weighted by Gasteiger charge is -2.26. The summed E-state index contributed by atoms with van der Waals surface area (Å²) in [6.45, 7) is 1.99. The van der Waals surface area contributed by atoms with Gasteiger partial charge in [0, 0.05) is 25.6 Å². The van der Waals surface area contributed by atoms with E-state index in [-0.39, 0.29) is 12.7 Å². The number of carbonyl (C=O) groups excluding carboxylic acids is 1.